The Balaban J connectivity index is 2.72. The molecule has 0 fully saturated rings. The van der Waals surface area contributed by atoms with Gasteiger partial charge in [0.1, 0.15) is 11.0 Å². The number of benzene rings is 1. The molecule has 2 aromatic rings. The van der Waals surface area contributed by atoms with Crippen molar-refractivity contribution in [2.45, 2.75) is 13.1 Å². The first-order chi connectivity index (χ1) is 9.20. The molecule has 0 unspecified atom stereocenters. The minimum Gasteiger partial charge on any atom is -0.232 e. The van der Waals surface area contributed by atoms with Crippen molar-refractivity contribution in [3.05, 3.63) is 44.9 Å². The summed E-state index contributed by atoms with van der Waals surface area (Å²) in [5.41, 5.74) is -1.11. The van der Waals surface area contributed by atoms with Crippen LogP contribution in [0.4, 0.5) is 17.6 Å². The van der Waals surface area contributed by atoms with Crippen LogP contribution in [-0.4, -0.2) is 9.97 Å². The molecule has 8 heteroatoms. The molecule has 0 bridgehead atoms. The monoisotopic (exact) mass is 368 g/mol. The van der Waals surface area contributed by atoms with Crippen LogP contribution in [0.1, 0.15) is 11.3 Å². The zero-order valence-electron chi connectivity index (χ0n) is 9.89. The molecule has 20 heavy (non-hydrogen) atoms. The molecule has 1 aromatic carbocycles. The van der Waals surface area contributed by atoms with E-state index in [1.165, 1.54) is 0 Å². The van der Waals surface area contributed by atoms with Crippen molar-refractivity contribution in [1.29, 1.82) is 0 Å². The Morgan fingerprint density at radius 3 is 2.40 bits per heavy atom. The lowest BCUT2D eigenvalue weighted by atomic mass is 10.1. The van der Waals surface area contributed by atoms with E-state index in [2.05, 4.69) is 25.9 Å². The minimum atomic E-state index is -4.64. The summed E-state index contributed by atoms with van der Waals surface area (Å²) >= 11 is 8.91. The molecule has 0 aliphatic rings. The van der Waals surface area contributed by atoms with E-state index in [1.807, 2.05) is 0 Å². The summed E-state index contributed by atoms with van der Waals surface area (Å²) in [6.07, 6.45) is -4.64. The zero-order valence-corrected chi connectivity index (χ0v) is 12.2. The predicted octanol–water partition coefficient (Wildman–Crippen LogP) is 5.03. The fourth-order valence-electron chi connectivity index (χ4n) is 1.59. The third-order valence-electron chi connectivity index (χ3n) is 2.50. The predicted molar refractivity (Wildman–Crippen MR) is 69.9 cm³/mol. The maximum Gasteiger partial charge on any atom is 0.417 e. The van der Waals surface area contributed by atoms with Crippen molar-refractivity contribution in [2.24, 2.45) is 0 Å². The van der Waals surface area contributed by atoms with Crippen molar-refractivity contribution in [3.8, 4) is 11.4 Å². The van der Waals surface area contributed by atoms with Crippen LogP contribution in [0.2, 0.25) is 5.15 Å². The van der Waals surface area contributed by atoms with E-state index in [1.54, 1.807) is 6.92 Å². The second-order valence-corrected chi connectivity index (χ2v) is 5.08. The van der Waals surface area contributed by atoms with Gasteiger partial charge in [-0.1, -0.05) is 11.6 Å². The van der Waals surface area contributed by atoms with Crippen LogP contribution in [-0.2, 0) is 6.18 Å². The molecule has 0 aliphatic heterocycles. The maximum atomic E-state index is 13.2. The standard InChI is InChI=1S/C12H6BrClF4N2/c1-5-9(13)10(14)20-11(19-5)7-4-6(15)2-3-8(7)12(16,17)18/h2-4H,1H3. The first-order valence-electron chi connectivity index (χ1n) is 5.27. The van der Waals surface area contributed by atoms with Gasteiger partial charge in [-0.15, -0.1) is 0 Å². The number of halogens is 6. The Labute approximate surface area is 124 Å². The van der Waals surface area contributed by atoms with Gasteiger partial charge in [0, 0.05) is 5.56 Å². The van der Waals surface area contributed by atoms with Crippen LogP contribution >= 0.6 is 27.5 Å². The number of hydrogen-bond acceptors (Lipinski definition) is 2. The van der Waals surface area contributed by atoms with Crippen LogP contribution < -0.4 is 0 Å². The zero-order chi connectivity index (χ0) is 15.1. The van der Waals surface area contributed by atoms with Gasteiger partial charge < -0.3 is 0 Å². The largest absolute Gasteiger partial charge is 0.417 e. The molecule has 1 aromatic heterocycles. The normalized spacial score (nSPS) is 11.8. The highest BCUT2D eigenvalue weighted by Gasteiger charge is 2.34. The van der Waals surface area contributed by atoms with Crippen molar-refractivity contribution in [1.82, 2.24) is 9.97 Å². The first kappa shape index (κ1) is 15.2. The third-order valence-corrected chi connectivity index (χ3v) is 3.96. The third kappa shape index (κ3) is 2.93. The van der Waals surface area contributed by atoms with Crippen LogP contribution in [0.25, 0.3) is 11.4 Å². The minimum absolute atomic E-state index is 0.0371. The van der Waals surface area contributed by atoms with Crippen molar-refractivity contribution < 1.29 is 17.6 Å². The van der Waals surface area contributed by atoms with Crippen LogP contribution in [0, 0.1) is 12.7 Å². The molecule has 0 atom stereocenters. The number of nitrogens with zero attached hydrogens (tertiary/aromatic N) is 2. The molecule has 2 nitrogen and oxygen atoms in total. The number of rotatable bonds is 1. The second-order valence-electron chi connectivity index (χ2n) is 3.93. The summed E-state index contributed by atoms with van der Waals surface area (Å²) in [4.78, 5) is 7.67. The molecule has 1 heterocycles. The van der Waals surface area contributed by atoms with Gasteiger partial charge in [0.25, 0.3) is 0 Å². The lowest BCUT2D eigenvalue weighted by Gasteiger charge is -2.13. The Kier molecular flexibility index (Phi) is 4.02. The summed E-state index contributed by atoms with van der Waals surface area (Å²) < 4.78 is 52.4. The SMILES string of the molecule is Cc1nc(-c2cc(F)ccc2C(F)(F)F)nc(Cl)c1Br. The molecule has 0 saturated carbocycles. The second kappa shape index (κ2) is 5.29. The van der Waals surface area contributed by atoms with Gasteiger partial charge in [0.2, 0.25) is 0 Å². The van der Waals surface area contributed by atoms with Gasteiger partial charge in [-0.2, -0.15) is 13.2 Å². The smallest absolute Gasteiger partial charge is 0.232 e. The van der Waals surface area contributed by atoms with E-state index in [9.17, 15) is 17.6 Å². The average molecular weight is 370 g/mol. The van der Waals surface area contributed by atoms with Crippen molar-refractivity contribution in [2.75, 3.05) is 0 Å². The topological polar surface area (TPSA) is 25.8 Å². The van der Waals surface area contributed by atoms with Crippen molar-refractivity contribution >= 4 is 27.5 Å². The highest BCUT2D eigenvalue weighted by Crippen LogP contribution is 2.37. The highest BCUT2D eigenvalue weighted by molar-refractivity contribution is 9.10. The molecular weight excluding hydrogens is 363 g/mol. The molecule has 0 radical (unpaired) electrons. The van der Waals surface area contributed by atoms with Crippen LogP contribution in [0.15, 0.2) is 22.7 Å². The Hall–Kier alpha value is -1.21. The highest BCUT2D eigenvalue weighted by atomic mass is 79.9. The van der Waals surface area contributed by atoms with E-state index in [-0.39, 0.29) is 11.0 Å². The quantitative estimate of drug-likeness (QED) is 0.521. The molecule has 106 valence electrons. The van der Waals surface area contributed by atoms with Gasteiger partial charge in [-0.05, 0) is 41.1 Å². The molecule has 0 aliphatic carbocycles. The summed E-state index contributed by atoms with van der Waals surface area (Å²) in [6, 6.07) is 2.13. The first-order valence-corrected chi connectivity index (χ1v) is 6.44. The number of aryl methyl sites for hydroxylation is 1. The Morgan fingerprint density at radius 1 is 1.20 bits per heavy atom. The van der Waals surface area contributed by atoms with Gasteiger partial charge in [-0.25, -0.2) is 14.4 Å². The number of hydrogen-bond donors (Lipinski definition) is 0. The Morgan fingerprint density at radius 2 is 1.85 bits per heavy atom. The van der Waals surface area contributed by atoms with Gasteiger partial charge >= 0.3 is 6.18 Å². The van der Waals surface area contributed by atoms with E-state index in [0.29, 0.717) is 16.2 Å². The number of aromatic nitrogens is 2. The van der Waals surface area contributed by atoms with Crippen molar-refractivity contribution in [3.63, 3.8) is 0 Å². The fraction of sp³-hybridized carbons (Fsp3) is 0.167. The summed E-state index contributed by atoms with van der Waals surface area (Å²) in [6.45, 7) is 1.55. The molecule has 0 saturated heterocycles. The summed E-state index contributed by atoms with van der Waals surface area (Å²) in [7, 11) is 0. The van der Waals surface area contributed by atoms with Crippen LogP contribution in [0.3, 0.4) is 0 Å². The summed E-state index contributed by atoms with van der Waals surface area (Å²) in [5, 5.41) is -0.0371. The molecular formula is C12H6BrClF4N2. The summed E-state index contributed by atoms with van der Waals surface area (Å²) in [5.74, 6) is -1.09. The number of alkyl halides is 3. The van der Waals surface area contributed by atoms with E-state index in [4.69, 9.17) is 11.6 Å². The van der Waals surface area contributed by atoms with E-state index < -0.39 is 23.1 Å². The average Bonchev–Trinajstić information content (AvgIpc) is 2.33. The molecule has 0 N–H and O–H groups in total. The van der Waals surface area contributed by atoms with Crippen LogP contribution in [0.5, 0.6) is 0 Å². The lowest BCUT2D eigenvalue weighted by Crippen LogP contribution is -2.09. The maximum absolute atomic E-state index is 13.2. The molecule has 2 rings (SSSR count). The lowest BCUT2D eigenvalue weighted by molar-refractivity contribution is -0.137. The molecule has 0 amide bonds. The van der Waals surface area contributed by atoms with E-state index in [0.717, 1.165) is 12.1 Å². The van der Waals surface area contributed by atoms with E-state index >= 15 is 0 Å². The van der Waals surface area contributed by atoms with Gasteiger partial charge in [-0.3, -0.25) is 0 Å². The van der Waals surface area contributed by atoms with Gasteiger partial charge in [0.05, 0.1) is 15.7 Å². The Bertz CT molecular complexity index is 650. The fourth-order valence-corrected chi connectivity index (χ4v) is 1.99. The molecule has 0 spiro atoms. The van der Waals surface area contributed by atoms with Gasteiger partial charge in [0.15, 0.2) is 5.82 Å².